The lowest BCUT2D eigenvalue weighted by Crippen LogP contribution is -2.42. The Kier molecular flexibility index (Phi) is 4.07. The van der Waals surface area contributed by atoms with Gasteiger partial charge in [-0.2, -0.15) is 0 Å². The number of nitrogens with two attached hydrogens (primary N) is 1. The number of hydrogen-bond donors (Lipinski definition) is 1. The molecule has 0 aliphatic carbocycles. The van der Waals surface area contributed by atoms with Crippen molar-refractivity contribution in [3.05, 3.63) is 35.3 Å². The Hall–Kier alpha value is -2.37. The molecule has 0 atom stereocenters. The third-order valence-electron chi connectivity index (χ3n) is 4.64. The van der Waals surface area contributed by atoms with Crippen LogP contribution in [0.3, 0.4) is 0 Å². The summed E-state index contributed by atoms with van der Waals surface area (Å²) in [5, 5.41) is 0. The van der Waals surface area contributed by atoms with Crippen molar-refractivity contribution < 1.29 is 9.59 Å². The van der Waals surface area contributed by atoms with Gasteiger partial charge in [0.25, 0.3) is 5.91 Å². The van der Waals surface area contributed by atoms with Gasteiger partial charge in [-0.1, -0.05) is 13.0 Å². The number of rotatable bonds is 3. The average Bonchev–Trinajstić information content (AvgIpc) is 2.94. The van der Waals surface area contributed by atoms with Gasteiger partial charge >= 0.3 is 0 Å². The van der Waals surface area contributed by atoms with Crippen LogP contribution in [0.1, 0.15) is 41.5 Å². The van der Waals surface area contributed by atoms with Crippen LogP contribution in [-0.2, 0) is 11.2 Å². The number of piperidine rings is 1. The molecule has 2 aromatic heterocycles. The summed E-state index contributed by atoms with van der Waals surface area (Å²) in [6.07, 6.45) is 3.87. The predicted molar refractivity (Wildman–Crippen MR) is 87.1 cm³/mol. The van der Waals surface area contributed by atoms with E-state index in [1.165, 1.54) is 0 Å². The van der Waals surface area contributed by atoms with Crippen molar-refractivity contribution in [2.24, 2.45) is 11.7 Å². The maximum atomic E-state index is 13.0. The number of carbonyl (C=O) groups excluding carboxylic acids is 2. The van der Waals surface area contributed by atoms with Crippen molar-refractivity contribution in [2.45, 2.75) is 33.1 Å². The van der Waals surface area contributed by atoms with Gasteiger partial charge in [-0.05, 0) is 37.8 Å². The normalized spacial score (nSPS) is 16.0. The number of aryl methyl sites for hydroxylation is 2. The van der Waals surface area contributed by atoms with E-state index in [-0.39, 0.29) is 17.7 Å². The molecule has 6 nitrogen and oxygen atoms in total. The Morgan fingerprint density at radius 2 is 2.04 bits per heavy atom. The molecule has 3 heterocycles. The summed E-state index contributed by atoms with van der Waals surface area (Å²) < 4.78 is 1.89. The first-order valence-electron chi connectivity index (χ1n) is 8.08. The molecule has 1 fully saturated rings. The third kappa shape index (κ3) is 2.69. The van der Waals surface area contributed by atoms with Gasteiger partial charge in [0.15, 0.2) is 0 Å². The van der Waals surface area contributed by atoms with Gasteiger partial charge in [-0.15, -0.1) is 0 Å². The van der Waals surface area contributed by atoms with E-state index in [1.807, 2.05) is 41.5 Å². The summed E-state index contributed by atoms with van der Waals surface area (Å²) >= 11 is 0. The monoisotopic (exact) mass is 314 g/mol. The Bertz CT molecular complexity index is 757. The fourth-order valence-corrected chi connectivity index (χ4v) is 3.24. The minimum absolute atomic E-state index is 0.0112. The van der Waals surface area contributed by atoms with Gasteiger partial charge in [0, 0.05) is 25.2 Å². The molecule has 0 saturated carbocycles. The SMILES string of the molecule is CCc1nc2c(C)cccn2c1C(=O)N1CCC(C(N)=O)CC1. The van der Waals surface area contributed by atoms with Gasteiger partial charge in [-0.25, -0.2) is 4.98 Å². The molecule has 23 heavy (non-hydrogen) atoms. The van der Waals surface area contributed by atoms with E-state index < -0.39 is 0 Å². The Morgan fingerprint density at radius 3 is 2.65 bits per heavy atom. The van der Waals surface area contributed by atoms with Crippen molar-refractivity contribution in [1.29, 1.82) is 0 Å². The topological polar surface area (TPSA) is 80.7 Å². The van der Waals surface area contributed by atoms with Crippen molar-refractivity contribution in [3.63, 3.8) is 0 Å². The first-order valence-corrected chi connectivity index (χ1v) is 8.08. The molecule has 1 aliphatic heterocycles. The molecule has 0 spiro atoms. The minimum atomic E-state index is -0.267. The second kappa shape index (κ2) is 6.02. The number of fused-ring (bicyclic) bond motifs is 1. The zero-order valence-electron chi connectivity index (χ0n) is 13.6. The summed E-state index contributed by atoms with van der Waals surface area (Å²) in [6, 6.07) is 3.92. The number of likely N-dealkylation sites (tertiary alicyclic amines) is 1. The second-order valence-corrected chi connectivity index (χ2v) is 6.11. The van der Waals surface area contributed by atoms with Crippen molar-refractivity contribution in [1.82, 2.24) is 14.3 Å². The van der Waals surface area contributed by atoms with Crippen molar-refractivity contribution in [2.75, 3.05) is 13.1 Å². The van der Waals surface area contributed by atoms with Crippen LogP contribution in [0.5, 0.6) is 0 Å². The van der Waals surface area contributed by atoms with Gasteiger partial charge in [-0.3, -0.25) is 14.0 Å². The first-order chi connectivity index (χ1) is 11.0. The highest BCUT2D eigenvalue weighted by Gasteiger charge is 2.29. The van der Waals surface area contributed by atoms with Gasteiger partial charge in [0.05, 0.1) is 5.69 Å². The van der Waals surface area contributed by atoms with Crippen LogP contribution in [-0.4, -0.2) is 39.2 Å². The highest BCUT2D eigenvalue weighted by Crippen LogP contribution is 2.22. The maximum absolute atomic E-state index is 13.0. The number of amides is 2. The minimum Gasteiger partial charge on any atom is -0.369 e. The summed E-state index contributed by atoms with van der Waals surface area (Å²) in [7, 11) is 0. The molecule has 0 aromatic carbocycles. The molecule has 0 unspecified atom stereocenters. The molecule has 1 saturated heterocycles. The van der Waals surface area contributed by atoms with Crippen LogP contribution in [0, 0.1) is 12.8 Å². The summed E-state index contributed by atoms with van der Waals surface area (Å²) in [6.45, 7) is 5.13. The number of aromatic nitrogens is 2. The van der Waals surface area contributed by atoms with E-state index in [0.717, 1.165) is 16.9 Å². The van der Waals surface area contributed by atoms with E-state index >= 15 is 0 Å². The van der Waals surface area contributed by atoms with E-state index in [9.17, 15) is 9.59 Å². The lowest BCUT2D eigenvalue weighted by atomic mass is 9.96. The third-order valence-corrected chi connectivity index (χ3v) is 4.64. The molecule has 0 bridgehead atoms. The molecular weight excluding hydrogens is 292 g/mol. The fourth-order valence-electron chi connectivity index (χ4n) is 3.24. The van der Waals surface area contributed by atoms with Crippen molar-refractivity contribution in [3.8, 4) is 0 Å². The fraction of sp³-hybridized carbons (Fsp3) is 0.471. The molecular formula is C17H22N4O2. The second-order valence-electron chi connectivity index (χ2n) is 6.11. The molecule has 3 rings (SSSR count). The van der Waals surface area contributed by atoms with E-state index in [4.69, 9.17) is 5.73 Å². The van der Waals surface area contributed by atoms with Gasteiger partial charge in [0.2, 0.25) is 5.91 Å². The van der Waals surface area contributed by atoms with Crippen LogP contribution in [0.4, 0.5) is 0 Å². The standard InChI is InChI=1S/C17H22N4O2/c1-3-13-14(21-8-4-5-11(2)16(21)19-13)17(23)20-9-6-12(7-10-20)15(18)22/h4-5,8,12H,3,6-7,9-10H2,1-2H3,(H2,18,22). The summed E-state index contributed by atoms with van der Waals surface area (Å²) in [5.74, 6) is -0.395. The summed E-state index contributed by atoms with van der Waals surface area (Å²) in [4.78, 5) is 30.7. The molecule has 2 aromatic rings. The number of imidazole rings is 1. The number of carbonyl (C=O) groups is 2. The highest BCUT2D eigenvalue weighted by atomic mass is 16.2. The van der Waals surface area contributed by atoms with Crippen LogP contribution >= 0.6 is 0 Å². The van der Waals surface area contributed by atoms with E-state index in [0.29, 0.717) is 38.0 Å². The Balaban J connectivity index is 1.92. The zero-order chi connectivity index (χ0) is 16.6. The van der Waals surface area contributed by atoms with Gasteiger partial charge in [0.1, 0.15) is 11.3 Å². The quantitative estimate of drug-likeness (QED) is 0.933. The highest BCUT2D eigenvalue weighted by molar-refractivity contribution is 5.95. The Labute approximate surface area is 135 Å². The molecule has 122 valence electrons. The van der Waals surface area contributed by atoms with E-state index in [2.05, 4.69) is 4.98 Å². The molecule has 2 amide bonds. The maximum Gasteiger partial charge on any atom is 0.272 e. The number of primary amides is 1. The lowest BCUT2D eigenvalue weighted by Gasteiger charge is -2.30. The number of nitrogens with zero attached hydrogens (tertiary/aromatic N) is 3. The predicted octanol–water partition coefficient (Wildman–Crippen LogP) is 1.54. The van der Waals surface area contributed by atoms with Crippen LogP contribution in [0.25, 0.3) is 5.65 Å². The van der Waals surface area contributed by atoms with E-state index in [1.54, 1.807) is 0 Å². The van der Waals surface area contributed by atoms with Gasteiger partial charge < -0.3 is 10.6 Å². The number of hydrogen-bond acceptors (Lipinski definition) is 3. The molecule has 1 aliphatic rings. The molecule has 2 N–H and O–H groups in total. The average molecular weight is 314 g/mol. The largest absolute Gasteiger partial charge is 0.369 e. The number of pyridine rings is 1. The first kappa shape index (κ1) is 15.5. The summed E-state index contributed by atoms with van der Waals surface area (Å²) in [5.41, 5.74) is 8.71. The smallest absolute Gasteiger partial charge is 0.272 e. The van der Waals surface area contributed by atoms with Crippen LogP contribution in [0.15, 0.2) is 18.3 Å². The lowest BCUT2D eigenvalue weighted by molar-refractivity contribution is -0.123. The van der Waals surface area contributed by atoms with Crippen molar-refractivity contribution >= 4 is 17.5 Å². The zero-order valence-corrected chi connectivity index (χ0v) is 13.6. The van der Waals surface area contributed by atoms with Crippen LogP contribution < -0.4 is 5.73 Å². The Morgan fingerprint density at radius 1 is 1.35 bits per heavy atom. The van der Waals surface area contributed by atoms with Crippen LogP contribution in [0.2, 0.25) is 0 Å². The molecule has 6 heteroatoms. The molecule has 0 radical (unpaired) electrons.